The summed E-state index contributed by atoms with van der Waals surface area (Å²) in [6, 6.07) is 15.4. The van der Waals surface area contributed by atoms with Gasteiger partial charge >= 0.3 is 0 Å². The van der Waals surface area contributed by atoms with Crippen LogP contribution in [0.25, 0.3) is 0 Å². The van der Waals surface area contributed by atoms with Gasteiger partial charge in [-0.2, -0.15) is 0 Å². The predicted molar refractivity (Wildman–Crippen MR) is 106 cm³/mol. The molecule has 3 rings (SSSR count). The van der Waals surface area contributed by atoms with Crippen LogP contribution in [0.2, 0.25) is 0 Å². The third kappa shape index (κ3) is 4.25. The van der Waals surface area contributed by atoms with Crippen LogP contribution in [0.4, 0.5) is 23.0 Å². The summed E-state index contributed by atoms with van der Waals surface area (Å²) < 4.78 is 0. The zero-order valence-corrected chi connectivity index (χ0v) is 15.4. The monoisotopic (exact) mass is 346 g/mol. The maximum atomic E-state index is 11.5. The van der Waals surface area contributed by atoms with Crippen LogP contribution < -0.4 is 10.6 Å². The third-order valence-electron chi connectivity index (χ3n) is 4.16. The Hall–Kier alpha value is -3.21. The average molecular weight is 346 g/mol. The number of rotatable bonds is 5. The summed E-state index contributed by atoms with van der Waals surface area (Å²) in [6.07, 6.45) is 0. The molecule has 0 aliphatic carbocycles. The molecule has 0 fully saturated rings. The molecule has 0 spiro atoms. The van der Waals surface area contributed by atoms with Crippen LogP contribution in [0.5, 0.6) is 0 Å². The lowest BCUT2D eigenvalue weighted by Crippen LogP contribution is -2.02. The van der Waals surface area contributed by atoms with Crippen molar-refractivity contribution in [2.45, 2.75) is 27.7 Å². The smallest absolute Gasteiger partial charge is 0.159 e. The lowest BCUT2D eigenvalue weighted by molar-refractivity contribution is 0.101. The highest BCUT2D eigenvalue weighted by atomic mass is 16.1. The van der Waals surface area contributed by atoms with Gasteiger partial charge in [-0.3, -0.25) is 4.79 Å². The molecule has 0 saturated carbocycles. The van der Waals surface area contributed by atoms with E-state index in [1.54, 1.807) is 13.0 Å². The number of aromatic nitrogens is 2. The standard InChI is InChI=1S/C21H22N4O/c1-13-8-9-19(10-14(13)2)25-21-12-20(22-16(4)23-21)24-18-7-5-6-17(11-18)15(3)26/h5-12H,1-4H3,(H2,22,23,24,25). The molecule has 0 aliphatic heterocycles. The van der Waals surface area contributed by atoms with Crippen LogP contribution in [0.3, 0.4) is 0 Å². The van der Waals surface area contributed by atoms with E-state index >= 15 is 0 Å². The van der Waals surface area contributed by atoms with E-state index in [2.05, 4.69) is 46.6 Å². The summed E-state index contributed by atoms with van der Waals surface area (Å²) in [5.74, 6) is 2.07. The summed E-state index contributed by atoms with van der Waals surface area (Å²) in [7, 11) is 0. The number of Topliss-reactive ketones (excluding diaryl/α,β-unsaturated/α-hetero) is 1. The third-order valence-corrected chi connectivity index (χ3v) is 4.16. The molecule has 0 radical (unpaired) electrons. The molecule has 0 unspecified atom stereocenters. The fourth-order valence-corrected chi connectivity index (χ4v) is 2.63. The number of nitrogens with zero attached hydrogens (tertiary/aromatic N) is 2. The Morgan fingerprint density at radius 1 is 0.808 bits per heavy atom. The highest BCUT2D eigenvalue weighted by Gasteiger charge is 2.06. The first-order valence-electron chi connectivity index (χ1n) is 8.49. The molecule has 1 aromatic heterocycles. The van der Waals surface area contributed by atoms with E-state index in [-0.39, 0.29) is 5.78 Å². The van der Waals surface area contributed by atoms with Gasteiger partial charge in [-0.15, -0.1) is 0 Å². The quantitative estimate of drug-likeness (QED) is 0.630. The molecule has 26 heavy (non-hydrogen) atoms. The number of carbonyl (C=O) groups is 1. The fraction of sp³-hybridized carbons (Fsp3) is 0.190. The van der Waals surface area contributed by atoms with Gasteiger partial charge in [0.15, 0.2) is 5.78 Å². The fourth-order valence-electron chi connectivity index (χ4n) is 2.63. The highest BCUT2D eigenvalue weighted by Crippen LogP contribution is 2.22. The minimum Gasteiger partial charge on any atom is -0.340 e. The van der Waals surface area contributed by atoms with Crippen LogP contribution >= 0.6 is 0 Å². The zero-order chi connectivity index (χ0) is 18.7. The van der Waals surface area contributed by atoms with Gasteiger partial charge in [-0.25, -0.2) is 9.97 Å². The molecule has 1 heterocycles. The van der Waals surface area contributed by atoms with E-state index < -0.39 is 0 Å². The first-order valence-corrected chi connectivity index (χ1v) is 8.49. The van der Waals surface area contributed by atoms with E-state index in [1.165, 1.54) is 11.1 Å². The maximum absolute atomic E-state index is 11.5. The maximum Gasteiger partial charge on any atom is 0.159 e. The number of carbonyl (C=O) groups excluding carboxylic acids is 1. The lowest BCUT2D eigenvalue weighted by atomic mass is 10.1. The van der Waals surface area contributed by atoms with Crippen molar-refractivity contribution in [1.29, 1.82) is 0 Å². The van der Waals surface area contributed by atoms with Gasteiger partial charge in [0.05, 0.1) is 0 Å². The highest BCUT2D eigenvalue weighted by molar-refractivity contribution is 5.95. The van der Waals surface area contributed by atoms with Crippen molar-refractivity contribution in [1.82, 2.24) is 9.97 Å². The number of hydrogen-bond donors (Lipinski definition) is 2. The van der Waals surface area contributed by atoms with Crippen molar-refractivity contribution in [3.63, 3.8) is 0 Å². The molecule has 2 aromatic carbocycles. The van der Waals surface area contributed by atoms with Gasteiger partial charge in [0.2, 0.25) is 0 Å². The van der Waals surface area contributed by atoms with E-state index in [1.807, 2.05) is 37.3 Å². The van der Waals surface area contributed by atoms with Crippen molar-refractivity contribution in [3.05, 3.63) is 71.0 Å². The van der Waals surface area contributed by atoms with Gasteiger partial charge in [-0.05, 0) is 63.1 Å². The Kier molecular flexibility index (Phi) is 4.98. The number of anilines is 4. The number of benzene rings is 2. The molecule has 0 aliphatic rings. The van der Waals surface area contributed by atoms with Gasteiger partial charge in [0, 0.05) is 23.0 Å². The van der Waals surface area contributed by atoms with Crippen LogP contribution in [0.1, 0.15) is 34.2 Å². The molecule has 3 aromatic rings. The molecule has 5 nitrogen and oxygen atoms in total. The van der Waals surface area contributed by atoms with E-state index in [4.69, 9.17) is 0 Å². The van der Waals surface area contributed by atoms with Crippen molar-refractivity contribution in [2.24, 2.45) is 0 Å². The molecule has 132 valence electrons. The SMILES string of the molecule is CC(=O)c1cccc(Nc2cc(Nc3ccc(C)c(C)c3)nc(C)n2)c1. The molecular weight excluding hydrogens is 324 g/mol. The van der Waals surface area contributed by atoms with Crippen molar-refractivity contribution >= 4 is 28.8 Å². The molecule has 0 bridgehead atoms. The van der Waals surface area contributed by atoms with Crippen LogP contribution in [0.15, 0.2) is 48.5 Å². The topological polar surface area (TPSA) is 66.9 Å². The molecule has 0 amide bonds. The zero-order valence-electron chi connectivity index (χ0n) is 15.4. The first kappa shape index (κ1) is 17.6. The van der Waals surface area contributed by atoms with Gasteiger partial charge < -0.3 is 10.6 Å². The largest absolute Gasteiger partial charge is 0.340 e. The van der Waals surface area contributed by atoms with Crippen LogP contribution in [0, 0.1) is 20.8 Å². The number of aryl methyl sites for hydroxylation is 3. The summed E-state index contributed by atoms with van der Waals surface area (Å²) >= 11 is 0. The predicted octanol–water partition coefficient (Wildman–Crippen LogP) is 5.09. The molecule has 2 N–H and O–H groups in total. The summed E-state index contributed by atoms with van der Waals surface area (Å²) in [5.41, 5.74) is 4.93. The lowest BCUT2D eigenvalue weighted by Gasteiger charge is -2.12. The number of nitrogens with one attached hydrogen (secondary N) is 2. The average Bonchev–Trinajstić information content (AvgIpc) is 2.58. The molecule has 0 saturated heterocycles. The van der Waals surface area contributed by atoms with E-state index in [0.29, 0.717) is 23.0 Å². The van der Waals surface area contributed by atoms with Gasteiger partial charge in [0.1, 0.15) is 17.5 Å². The molecule has 5 heteroatoms. The summed E-state index contributed by atoms with van der Waals surface area (Å²) in [6.45, 7) is 7.58. The minimum atomic E-state index is 0.0321. The Balaban J connectivity index is 1.84. The molecule has 0 atom stereocenters. The van der Waals surface area contributed by atoms with Crippen LogP contribution in [-0.2, 0) is 0 Å². The first-order chi connectivity index (χ1) is 12.4. The van der Waals surface area contributed by atoms with Gasteiger partial charge in [0.25, 0.3) is 0 Å². The second-order valence-corrected chi connectivity index (χ2v) is 6.37. The Bertz CT molecular complexity index is 966. The summed E-state index contributed by atoms with van der Waals surface area (Å²) in [5, 5.41) is 6.57. The Morgan fingerprint density at radius 2 is 1.46 bits per heavy atom. The second kappa shape index (κ2) is 7.35. The van der Waals surface area contributed by atoms with Crippen molar-refractivity contribution in [2.75, 3.05) is 10.6 Å². The van der Waals surface area contributed by atoms with E-state index in [9.17, 15) is 4.79 Å². The number of hydrogen-bond acceptors (Lipinski definition) is 5. The minimum absolute atomic E-state index is 0.0321. The number of ketones is 1. The Labute approximate surface area is 153 Å². The van der Waals surface area contributed by atoms with Gasteiger partial charge in [-0.1, -0.05) is 18.2 Å². The van der Waals surface area contributed by atoms with Crippen LogP contribution in [-0.4, -0.2) is 15.8 Å². The van der Waals surface area contributed by atoms with Crippen molar-refractivity contribution in [3.8, 4) is 0 Å². The van der Waals surface area contributed by atoms with E-state index in [0.717, 1.165) is 11.4 Å². The van der Waals surface area contributed by atoms with Crippen molar-refractivity contribution < 1.29 is 4.79 Å². The normalized spacial score (nSPS) is 10.5. The Morgan fingerprint density at radius 3 is 2.08 bits per heavy atom. The second-order valence-electron chi connectivity index (χ2n) is 6.37. The molecular formula is C21H22N4O. The summed E-state index contributed by atoms with van der Waals surface area (Å²) in [4.78, 5) is 20.4.